The molecule has 0 saturated carbocycles. The molecule has 0 spiro atoms. The lowest BCUT2D eigenvalue weighted by atomic mass is 9.97. The zero-order valence-corrected chi connectivity index (χ0v) is 12.0. The molecule has 1 fully saturated rings. The third-order valence-electron chi connectivity index (χ3n) is 4.04. The Morgan fingerprint density at radius 2 is 1.72 bits per heavy atom. The molecule has 0 bridgehead atoms. The highest BCUT2D eigenvalue weighted by atomic mass is 16.2. The van der Waals surface area contributed by atoms with Crippen molar-refractivity contribution in [2.24, 2.45) is 11.7 Å². The van der Waals surface area contributed by atoms with Gasteiger partial charge in [0.2, 0.25) is 5.91 Å². The summed E-state index contributed by atoms with van der Waals surface area (Å²) < 4.78 is 0. The second kappa shape index (κ2) is 9.37. The molecule has 2 N–H and O–H groups in total. The van der Waals surface area contributed by atoms with Gasteiger partial charge in [-0.2, -0.15) is 0 Å². The van der Waals surface area contributed by atoms with Crippen molar-refractivity contribution in [3.05, 3.63) is 0 Å². The van der Waals surface area contributed by atoms with E-state index in [2.05, 4.69) is 6.92 Å². The van der Waals surface area contributed by atoms with Crippen LogP contribution in [0.5, 0.6) is 0 Å². The first-order chi connectivity index (χ1) is 8.77. The van der Waals surface area contributed by atoms with Crippen LogP contribution in [0, 0.1) is 5.92 Å². The fraction of sp³-hybridized carbons (Fsp3) is 0.933. The molecule has 1 heterocycles. The fourth-order valence-corrected chi connectivity index (χ4v) is 2.63. The molecule has 0 radical (unpaired) electrons. The van der Waals surface area contributed by atoms with Crippen LogP contribution in [0.25, 0.3) is 0 Å². The molecule has 3 heteroatoms. The van der Waals surface area contributed by atoms with E-state index < -0.39 is 0 Å². The van der Waals surface area contributed by atoms with Gasteiger partial charge < -0.3 is 10.6 Å². The molecule has 18 heavy (non-hydrogen) atoms. The highest BCUT2D eigenvalue weighted by Crippen LogP contribution is 2.17. The zero-order valence-electron chi connectivity index (χ0n) is 12.0. The summed E-state index contributed by atoms with van der Waals surface area (Å²) in [7, 11) is 0. The number of nitrogens with zero attached hydrogens (tertiary/aromatic N) is 1. The summed E-state index contributed by atoms with van der Waals surface area (Å²) >= 11 is 0. The number of nitrogens with two attached hydrogens (primary N) is 1. The van der Waals surface area contributed by atoms with Crippen LogP contribution in [0.2, 0.25) is 0 Å². The van der Waals surface area contributed by atoms with Crippen LogP contribution in [-0.4, -0.2) is 30.4 Å². The normalized spacial score (nSPS) is 17.1. The Morgan fingerprint density at radius 3 is 2.33 bits per heavy atom. The molecule has 0 aliphatic carbocycles. The molecular weight excluding hydrogens is 224 g/mol. The van der Waals surface area contributed by atoms with Gasteiger partial charge in [-0.3, -0.25) is 4.79 Å². The average Bonchev–Trinajstić information content (AvgIpc) is 2.42. The third-order valence-corrected chi connectivity index (χ3v) is 4.04. The van der Waals surface area contributed by atoms with Gasteiger partial charge in [-0.1, -0.05) is 39.0 Å². The summed E-state index contributed by atoms with van der Waals surface area (Å²) in [6.07, 6.45) is 10.5. The van der Waals surface area contributed by atoms with Crippen molar-refractivity contribution in [3.63, 3.8) is 0 Å². The second-order valence-corrected chi connectivity index (χ2v) is 5.58. The van der Waals surface area contributed by atoms with Gasteiger partial charge in [0.15, 0.2) is 0 Å². The number of carbonyl (C=O) groups excluding carboxylic acids is 1. The van der Waals surface area contributed by atoms with Gasteiger partial charge in [0.1, 0.15) is 0 Å². The van der Waals surface area contributed by atoms with Crippen molar-refractivity contribution in [2.75, 3.05) is 19.6 Å². The summed E-state index contributed by atoms with van der Waals surface area (Å²) in [4.78, 5) is 14.0. The molecule has 0 aromatic carbocycles. The first kappa shape index (κ1) is 15.5. The van der Waals surface area contributed by atoms with E-state index in [1.807, 2.05) is 4.90 Å². The summed E-state index contributed by atoms with van der Waals surface area (Å²) in [6, 6.07) is 0. The minimum Gasteiger partial charge on any atom is -0.343 e. The number of carbonyl (C=O) groups is 1. The van der Waals surface area contributed by atoms with Gasteiger partial charge in [-0.05, 0) is 31.7 Å². The van der Waals surface area contributed by atoms with Gasteiger partial charge in [0.25, 0.3) is 0 Å². The van der Waals surface area contributed by atoms with Crippen molar-refractivity contribution in [2.45, 2.75) is 64.7 Å². The van der Waals surface area contributed by atoms with Gasteiger partial charge in [0, 0.05) is 19.5 Å². The van der Waals surface area contributed by atoms with E-state index in [4.69, 9.17) is 5.73 Å². The largest absolute Gasteiger partial charge is 0.343 e. The second-order valence-electron chi connectivity index (χ2n) is 5.58. The molecule has 0 atom stereocenters. The van der Waals surface area contributed by atoms with Crippen molar-refractivity contribution >= 4 is 5.91 Å². The monoisotopic (exact) mass is 254 g/mol. The molecule has 1 aliphatic rings. The lowest BCUT2D eigenvalue weighted by molar-refractivity contribution is -0.132. The highest BCUT2D eigenvalue weighted by Gasteiger charge is 2.21. The maximum absolute atomic E-state index is 12.0. The number of likely N-dealkylation sites (tertiary alicyclic amines) is 1. The van der Waals surface area contributed by atoms with Crippen molar-refractivity contribution in [1.82, 2.24) is 4.90 Å². The molecule has 3 nitrogen and oxygen atoms in total. The van der Waals surface area contributed by atoms with Crippen molar-refractivity contribution in [3.8, 4) is 0 Å². The van der Waals surface area contributed by atoms with Crippen LogP contribution < -0.4 is 5.73 Å². The molecule has 1 saturated heterocycles. The van der Waals surface area contributed by atoms with Gasteiger partial charge >= 0.3 is 0 Å². The molecule has 1 rings (SSSR count). The number of rotatable bonds is 8. The smallest absolute Gasteiger partial charge is 0.222 e. The van der Waals surface area contributed by atoms with Gasteiger partial charge in [-0.25, -0.2) is 0 Å². The number of hydrogen-bond acceptors (Lipinski definition) is 2. The van der Waals surface area contributed by atoms with Gasteiger partial charge in [-0.15, -0.1) is 0 Å². The van der Waals surface area contributed by atoms with E-state index in [-0.39, 0.29) is 0 Å². The van der Waals surface area contributed by atoms with Crippen LogP contribution in [0.4, 0.5) is 0 Å². The Bertz CT molecular complexity index is 223. The lowest BCUT2D eigenvalue weighted by Gasteiger charge is -2.31. The molecule has 106 valence electrons. The van der Waals surface area contributed by atoms with Crippen LogP contribution >= 0.6 is 0 Å². The maximum Gasteiger partial charge on any atom is 0.222 e. The third kappa shape index (κ3) is 5.85. The van der Waals surface area contributed by atoms with Crippen LogP contribution in [0.3, 0.4) is 0 Å². The van der Waals surface area contributed by atoms with E-state index in [1.54, 1.807) is 0 Å². The number of unbranched alkanes of at least 4 members (excludes halogenated alkanes) is 5. The van der Waals surface area contributed by atoms with E-state index in [0.717, 1.165) is 45.3 Å². The molecule has 0 aromatic heterocycles. The molecule has 1 aliphatic heterocycles. The standard InChI is InChI=1S/C15H30N2O/c1-2-3-4-5-6-7-8-15(18)17-11-9-14(13-16)10-12-17/h14H,2-13,16H2,1H3. The number of hydrogen-bond donors (Lipinski definition) is 1. The Kier molecular flexibility index (Phi) is 8.06. The van der Waals surface area contributed by atoms with Crippen LogP contribution in [-0.2, 0) is 4.79 Å². The summed E-state index contributed by atoms with van der Waals surface area (Å²) in [5, 5.41) is 0. The summed E-state index contributed by atoms with van der Waals surface area (Å²) in [6.45, 7) is 4.86. The molecule has 0 aromatic rings. The molecule has 0 unspecified atom stereocenters. The van der Waals surface area contributed by atoms with Crippen LogP contribution in [0.15, 0.2) is 0 Å². The van der Waals surface area contributed by atoms with E-state index in [9.17, 15) is 4.79 Å². The first-order valence-corrected chi connectivity index (χ1v) is 7.75. The van der Waals surface area contributed by atoms with Crippen molar-refractivity contribution in [1.29, 1.82) is 0 Å². The fourth-order valence-electron chi connectivity index (χ4n) is 2.63. The topological polar surface area (TPSA) is 46.3 Å². The highest BCUT2D eigenvalue weighted by molar-refractivity contribution is 5.76. The Balaban J connectivity index is 2.03. The minimum absolute atomic E-state index is 0.362. The Labute approximate surface area is 112 Å². The summed E-state index contributed by atoms with van der Waals surface area (Å²) in [5.41, 5.74) is 5.66. The zero-order chi connectivity index (χ0) is 13.2. The minimum atomic E-state index is 0.362. The number of amides is 1. The van der Waals surface area contributed by atoms with Crippen molar-refractivity contribution < 1.29 is 4.79 Å². The van der Waals surface area contributed by atoms with Crippen LogP contribution in [0.1, 0.15) is 64.7 Å². The maximum atomic E-state index is 12.0. The Morgan fingerprint density at radius 1 is 1.11 bits per heavy atom. The summed E-state index contributed by atoms with van der Waals surface area (Å²) in [5.74, 6) is 1.00. The first-order valence-electron chi connectivity index (χ1n) is 7.75. The molecule has 1 amide bonds. The Hall–Kier alpha value is -0.570. The molecular formula is C15H30N2O. The lowest BCUT2D eigenvalue weighted by Crippen LogP contribution is -2.39. The average molecular weight is 254 g/mol. The predicted octanol–water partition coefficient (Wildman–Crippen LogP) is 2.93. The van der Waals surface area contributed by atoms with E-state index in [0.29, 0.717) is 11.8 Å². The SMILES string of the molecule is CCCCCCCCC(=O)N1CCC(CN)CC1. The predicted molar refractivity (Wildman–Crippen MR) is 76.4 cm³/mol. The van der Waals surface area contributed by atoms with Gasteiger partial charge in [0.05, 0.1) is 0 Å². The number of piperidine rings is 1. The van der Waals surface area contributed by atoms with E-state index >= 15 is 0 Å². The van der Waals surface area contributed by atoms with E-state index in [1.165, 1.54) is 32.1 Å². The quantitative estimate of drug-likeness (QED) is 0.677.